The lowest BCUT2D eigenvalue weighted by atomic mass is 9.90. The van der Waals surface area contributed by atoms with Gasteiger partial charge in [0.15, 0.2) is 0 Å². The van der Waals surface area contributed by atoms with Crippen LogP contribution in [0.1, 0.15) is 16.8 Å². The Morgan fingerprint density at radius 1 is 1.53 bits per heavy atom. The minimum absolute atomic E-state index is 0.00120. The maximum atomic E-state index is 12.2. The van der Waals surface area contributed by atoms with E-state index in [4.69, 9.17) is 5.11 Å². The second-order valence-corrected chi connectivity index (χ2v) is 4.95. The Bertz CT molecular complexity index is 505. The number of aliphatic hydroxyl groups is 1. The maximum Gasteiger partial charge on any atom is 0.255 e. The van der Waals surface area contributed by atoms with Crippen LogP contribution < -0.4 is 0 Å². The van der Waals surface area contributed by atoms with Crippen LogP contribution in [-0.2, 0) is 4.79 Å². The van der Waals surface area contributed by atoms with Crippen LogP contribution in [0.5, 0.6) is 0 Å². The zero-order valence-electron chi connectivity index (χ0n) is 10.4. The van der Waals surface area contributed by atoms with E-state index in [-0.39, 0.29) is 37.0 Å². The molecule has 0 radical (unpaired) electrons. The van der Waals surface area contributed by atoms with Crippen molar-refractivity contribution in [1.82, 2.24) is 14.8 Å². The molecule has 2 aliphatic rings. The molecule has 2 fully saturated rings. The van der Waals surface area contributed by atoms with Gasteiger partial charge in [0.05, 0.1) is 24.3 Å². The Morgan fingerprint density at radius 2 is 2.37 bits per heavy atom. The molecule has 1 aromatic heterocycles. The molecule has 3 heterocycles. The highest BCUT2D eigenvalue weighted by Gasteiger charge is 2.46. The Hall–Kier alpha value is -1.95. The van der Waals surface area contributed by atoms with Gasteiger partial charge in [-0.15, -0.1) is 0 Å². The van der Waals surface area contributed by atoms with E-state index < -0.39 is 0 Å². The lowest BCUT2D eigenvalue weighted by molar-refractivity contribution is -0.155. The van der Waals surface area contributed by atoms with Crippen molar-refractivity contribution in [2.45, 2.75) is 18.5 Å². The summed E-state index contributed by atoms with van der Waals surface area (Å²) in [4.78, 5) is 31.4. The van der Waals surface area contributed by atoms with Gasteiger partial charge in [0.25, 0.3) is 5.91 Å². The fraction of sp³-hybridized carbons (Fsp3) is 0.462. The Balaban J connectivity index is 1.72. The standard InChI is InChI=1S/C13H15N3O3/c17-8-11-4-10-6-15(7-12(18)16(10)11)13(19)9-2-1-3-14-5-9/h1-3,5,10-11,17H,4,6-8H2. The third-order valence-electron chi connectivity index (χ3n) is 3.78. The first-order valence-corrected chi connectivity index (χ1v) is 6.32. The largest absolute Gasteiger partial charge is 0.394 e. The molecule has 0 saturated carbocycles. The van der Waals surface area contributed by atoms with Crippen molar-refractivity contribution in [2.75, 3.05) is 19.7 Å². The summed E-state index contributed by atoms with van der Waals surface area (Å²) in [6.45, 7) is 0.621. The average molecular weight is 261 g/mol. The lowest BCUT2D eigenvalue weighted by Crippen LogP contribution is -2.69. The maximum absolute atomic E-state index is 12.2. The first-order valence-electron chi connectivity index (χ1n) is 6.32. The number of aromatic nitrogens is 1. The normalized spacial score (nSPS) is 25.8. The monoisotopic (exact) mass is 261 g/mol. The Labute approximate surface area is 110 Å². The molecule has 0 spiro atoms. The number of rotatable bonds is 2. The fourth-order valence-corrected chi connectivity index (χ4v) is 2.82. The van der Waals surface area contributed by atoms with Crippen molar-refractivity contribution in [3.63, 3.8) is 0 Å². The van der Waals surface area contributed by atoms with Crippen LogP contribution in [0.2, 0.25) is 0 Å². The molecule has 2 amide bonds. The van der Waals surface area contributed by atoms with Crippen LogP contribution >= 0.6 is 0 Å². The lowest BCUT2D eigenvalue weighted by Gasteiger charge is -2.53. The second kappa shape index (κ2) is 4.62. The number of carbonyl (C=O) groups excluding carboxylic acids is 2. The number of amides is 2. The van der Waals surface area contributed by atoms with E-state index >= 15 is 0 Å². The molecule has 19 heavy (non-hydrogen) atoms. The van der Waals surface area contributed by atoms with Gasteiger partial charge in [-0.3, -0.25) is 14.6 Å². The van der Waals surface area contributed by atoms with Crippen LogP contribution in [0.4, 0.5) is 0 Å². The number of pyridine rings is 1. The van der Waals surface area contributed by atoms with Crippen LogP contribution in [0.25, 0.3) is 0 Å². The van der Waals surface area contributed by atoms with Crippen LogP contribution in [-0.4, -0.2) is 63.5 Å². The van der Waals surface area contributed by atoms with E-state index in [0.717, 1.165) is 6.42 Å². The quantitative estimate of drug-likeness (QED) is 0.779. The van der Waals surface area contributed by atoms with Crippen molar-refractivity contribution in [3.8, 4) is 0 Å². The third kappa shape index (κ3) is 1.98. The van der Waals surface area contributed by atoms with Gasteiger partial charge in [-0.2, -0.15) is 0 Å². The van der Waals surface area contributed by atoms with Gasteiger partial charge < -0.3 is 14.9 Å². The van der Waals surface area contributed by atoms with Gasteiger partial charge in [0.1, 0.15) is 6.54 Å². The first-order chi connectivity index (χ1) is 9.20. The summed E-state index contributed by atoms with van der Waals surface area (Å²) in [7, 11) is 0. The zero-order valence-corrected chi connectivity index (χ0v) is 10.4. The summed E-state index contributed by atoms with van der Waals surface area (Å²) in [6.07, 6.45) is 3.88. The highest BCUT2D eigenvalue weighted by Crippen LogP contribution is 2.30. The molecule has 3 rings (SSSR count). The number of nitrogens with zero attached hydrogens (tertiary/aromatic N) is 3. The molecule has 6 nitrogen and oxygen atoms in total. The number of fused-ring (bicyclic) bond motifs is 1. The zero-order chi connectivity index (χ0) is 13.4. The Kier molecular flexibility index (Phi) is 2.94. The van der Waals surface area contributed by atoms with E-state index in [1.54, 1.807) is 28.1 Å². The fourth-order valence-electron chi connectivity index (χ4n) is 2.82. The van der Waals surface area contributed by atoms with Crippen molar-refractivity contribution >= 4 is 11.8 Å². The van der Waals surface area contributed by atoms with Crippen LogP contribution in [0, 0.1) is 0 Å². The average Bonchev–Trinajstić information content (AvgIpc) is 2.40. The van der Waals surface area contributed by atoms with E-state index in [0.29, 0.717) is 12.1 Å². The van der Waals surface area contributed by atoms with Gasteiger partial charge in [0.2, 0.25) is 5.91 Å². The van der Waals surface area contributed by atoms with E-state index in [1.165, 1.54) is 6.20 Å². The molecule has 0 bridgehead atoms. The summed E-state index contributed by atoms with van der Waals surface area (Å²) in [5.74, 6) is -0.243. The third-order valence-corrected chi connectivity index (χ3v) is 3.78. The minimum Gasteiger partial charge on any atom is -0.394 e. The molecule has 0 aliphatic carbocycles. The number of piperazine rings is 1. The molecular formula is C13H15N3O3. The van der Waals surface area contributed by atoms with Crippen molar-refractivity contribution < 1.29 is 14.7 Å². The molecule has 2 atom stereocenters. The number of hydrogen-bond donors (Lipinski definition) is 1. The van der Waals surface area contributed by atoms with E-state index in [9.17, 15) is 9.59 Å². The molecule has 100 valence electrons. The van der Waals surface area contributed by atoms with Crippen molar-refractivity contribution in [1.29, 1.82) is 0 Å². The molecular weight excluding hydrogens is 246 g/mol. The topological polar surface area (TPSA) is 73.7 Å². The molecule has 1 N–H and O–H groups in total. The van der Waals surface area contributed by atoms with E-state index in [1.807, 2.05) is 0 Å². The van der Waals surface area contributed by atoms with Crippen LogP contribution in [0.15, 0.2) is 24.5 Å². The van der Waals surface area contributed by atoms with Gasteiger partial charge in [-0.1, -0.05) is 0 Å². The summed E-state index contributed by atoms with van der Waals surface area (Å²) in [5.41, 5.74) is 0.502. The van der Waals surface area contributed by atoms with Crippen LogP contribution in [0.3, 0.4) is 0 Å². The van der Waals surface area contributed by atoms with Gasteiger partial charge in [-0.25, -0.2) is 0 Å². The van der Waals surface area contributed by atoms with Gasteiger partial charge in [-0.05, 0) is 18.6 Å². The molecule has 2 aliphatic heterocycles. The number of aliphatic hydroxyl groups excluding tert-OH is 1. The first kappa shape index (κ1) is 12.1. The van der Waals surface area contributed by atoms with Crippen molar-refractivity contribution in [3.05, 3.63) is 30.1 Å². The summed E-state index contributed by atoms with van der Waals surface area (Å²) in [6, 6.07) is 3.40. The summed E-state index contributed by atoms with van der Waals surface area (Å²) < 4.78 is 0. The SMILES string of the molecule is O=C(c1cccnc1)N1CC(=O)N2C(CO)CC2C1. The minimum atomic E-state index is -0.159. The molecule has 6 heteroatoms. The smallest absolute Gasteiger partial charge is 0.255 e. The van der Waals surface area contributed by atoms with Gasteiger partial charge in [0, 0.05) is 18.9 Å². The molecule has 0 aromatic carbocycles. The van der Waals surface area contributed by atoms with E-state index in [2.05, 4.69) is 4.98 Å². The van der Waals surface area contributed by atoms with Crippen molar-refractivity contribution in [2.24, 2.45) is 0 Å². The highest BCUT2D eigenvalue weighted by molar-refractivity contribution is 5.97. The molecule has 2 unspecified atom stereocenters. The summed E-state index contributed by atoms with van der Waals surface area (Å²) in [5, 5.41) is 9.11. The predicted octanol–water partition coefficient (Wildman–Crippen LogP) is -0.501. The Morgan fingerprint density at radius 3 is 3.00 bits per heavy atom. The highest BCUT2D eigenvalue weighted by atomic mass is 16.3. The molecule has 2 saturated heterocycles. The molecule has 1 aromatic rings. The summed E-state index contributed by atoms with van der Waals surface area (Å²) >= 11 is 0. The number of carbonyl (C=O) groups is 2. The number of hydrogen-bond acceptors (Lipinski definition) is 4. The second-order valence-electron chi connectivity index (χ2n) is 4.95. The van der Waals surface area contributed by atoms with Gasteiger partial charge >= 0.3 is 0 Å². The predicted molar refractivity (Wildman–Crippen MR) is 66.3 cm³/mol.